The average molecular weight is 415 g/mol. The van der Waals surface area contributed by atoms with Crippen LogP contribution in [0.3, 0.4) is 0 Å². The Morgan fingerprint density at radius 3 is 2.33 bits per heavy atom. The van der Waals surface area contributed by atoms with Gasteiger partial charge in [0.1, 0.15) is 24.7 Å². The van der Waals surface area contributed by atoms with Crippen LogP contribution < -0.4 is 29.6 Å². The number of rotatable bonds is 7. The first-order valence-corrected chi connectivity index (χ1v) is 10.1. The van der Waals surface area contributed by atoms with Gasteiger partial charge in [0.25, 0.3) is 0 Å². The third-order valence-corrected chi connectivity index (χ3v) is 5.13. The highest BCUT2D eigenvalue weighted by Gasteiger charge is 2.23. The lowest BCUT2D eigenvalue weighted by Crippen LogP contribution is -2.40. The lowest BCUT2D eigenvalue weighted by Gasteiger charge is -2.26. The zero-order valence-corrected chi connectivity index (χ0v) is 18.2. The van der Waals surface area contributed by atoms with E-state index in [1.54, 1.807) is 14.2 Å². The van der Waals surface area contributed by atoms with Gasteiger partial charge in [-0.2, -0.15) is 0 Å². The predicted molar refractivity (Wildman–Crippen MR) is 115 cm³/mol. The van der Waals surface area contributed by atoms with E-state index in [9.17, 15) is 4.79 Å². The summed E-state index contributed by atoms with van der Waals surface area (Å²) in [5.41, 5.74) is 1.81. The van der Waals surface area contributed by atoms with E-state index in [1.165, 1.54) is 0 Å². The zero-order valence-electron chi connectivity index (χ0n) is 18.2. The number of hydrogen-bond donors (Lipinski definition) is 2. The Kier molecular flexibility index (Phi) is 6.92. The van der Waals surface area contributed by atoms with Gasteiger partial charge >= 0.3 is 6.03 Å². The highest BCUT2D eigenvalue weighted by atomic mass is 16.6. The summed E-state index contributed by atoms with van der Waals surface area (Å²) in [6.45, 7) is 7.11. The van der Waals surface area contributed by atoms with Crippen molar-refractivity contribution in [3.05, 3.63) is 47.5 Å². The van der Waals surface area contributed by atoms with Gasteiger partial charge in [0.15, 0.2) is 11.5 Å². The van der Waals surface area contributed by atoms with Crippen LogP contribution in [0, 0.1) is 5.92 Å². The van der Waals surface area contributed by atoms with Crippen LogP contribution in [0.25, 0.3) is 0 Å². The van der Waals surface area contributed by atoms with Crippen molar-refractivity contribution < 1.29 is 23.7 Å². The number of ether oxygens (including phenoxy) is 4. The molecule has 2 aromatic carbocycles. The molecule has 7 nitrogen and oxygen atoms in total. The van der Waals surface area contributed by atoms with Gasteiger partial charge in [-0.15, -0.1) is 0 Å². The van der Waals surface area contributed by atoms with Gasteiger partial charge in [0, 0.05) is 5.56 Å². The van der Waals surface area contributed by atoms with Crippen molar-refractivity contribution in [1.82, 2.24) is 10.6 Å². The Labute approximate surface area is 177 Å². The molecule has 0 aliphatic carbocycles. The molecule has 0 aromatic heterocycles. The maximum absolute atomic E-state index is 12.8. The molecule has 0 spiro atoms. The lowest BCUT2D eigenvalue weighted by molar-refractivity contribution is 0.171. The first-order valence-electron chi connectivity index (χ1n) is 10.1. The van der Waals surface area contributed by atoms with Crippen molar-refractivity contribution in [2.75, 3.05) is 27.4 Å². The third kappa shape index (κ3) is 4.90. The van der Waals surface area contributed by atoms with Gasteiger partial charge in [0.2, 0.25) is 0 Å². The van der Waals surface area contributed by atoms with E-state index in [4.69, 9.17) is 18.9 Å². The number of amides is 2. The molecule has 2 N–H and O–H groups in total. The molecule has 0 saturated carbocycles. The van der Waals surface area contributed by atoms with Crippen molar-refractivity contribution in [2.24, 2.45) is 5.92 Å². The number of carbonyl (C=O) groups is 1. The van der Waals surface area contributed by atoms with E-state index in [0.29, 0.717) is 30.5 Å². The second-order valence-corrected chi connectivity index (χ2v) is 7.57. The topological polar surface area (TPSA) is 78.1 Å². The minimum atomic E-state index is -0.275. The SMILES string of the molecule is COc1ccc(OC)c([C@@H](C)NC(=O)N[C@H](c2ccc3c(c2)OCCO3)C(C)C)c1. The normalized spacial score (nSPS) is 14.6. The fraction of sp³-hybridized carbons (Fsp3) is 0.435. The van der Waals surface area contributed by atoms with E-state index < -0.39 is 0 Å². The van der Waals surface area contributed by atoms with Crippen LogP contribution in [0.4, 0.5) is 4.79 Å². The molecule has 1 aliphatic heterocycles. The molecule has 0 unspecified atom stereocenters. The molecular weight excluding hydrogens is 384 g/mol. The summed E-state index contributed by atoms with van der Waals surface area (Å²) in [7, 11) is 3.21. The van der Waals surface area contributed by atoms with Gasteiger partial charge in [-0.1, -0.05) is 19.9 Å². The molecular formula is C23H30N2O5. The van der Waals surface area contributed by atoms with E-state index in [-0.39, 0.29) is 24.0 Å². The molecule has 7 heteroatoms. The molecule has 162 valence electrons. The van der Waals surface area contributed by atoms with Crippen LogP contribution in [0.1, 0.15) is 44.0 Å². The summed E-state index contributed by atoms with van der Waals surface area (Å²) in [4.78, 5) is 12.8. The van der Waals surface area contributed by atoms with Crippen molar-refractivity contribution >= 4 is 6.03 Å². The van der Waals surface area contributed by atoms with Crippen molar-refractivity contribution in [3.63, 3.8) is 0 Å². The molecule has 2 aromatic rings. The highest BCUT2D eigenvalue weighted by Crippen LogP contribution is 2.34. The minimum absolute atomic E-state index is 0.180. The number of urea groups is 1. The molecule has 30 heavy (non-hydrogen) atoms. The van der Waals surface area contributed by atoms with Gasteiger partial charge in [-0.25, -0.2) is 4.79 Å². The zero-order chi connectivity index (χ0) is 21.7. The van der Waals surface area contributed by atoms with Crippen LogP contribution in [0.15, 0.2) is 36.4 Å². The molecule has 0 radical (unpaired) electrons. The molecule has 0 bridgehead atoms. The molecule has 2 amide bonds. The summed E-state index contributed by atoms with van der Waals surface area (Å²) in [6, 6.07) is 10.6. The maximum atomic E-state index is 12.8. The number of methoxy groups -OCH3 is 2. The van der Waals surface area contributed by atoms with Gasteiger partial charge in [0.05, 0.1) is 26.3 Å². The Hall–Kier alpha value is -3.09. The smallest absolute Gasteiger partial charge is 0.315 e. The van der Waals surface area contributed by atoms with Crippen molar-refractivity contribution in [1.29, 1.82) is 0 Å². The fourth-order valence-corrected chi connectivity index (χ4v) is 3.52. The van der Waals surface area contributed by atoms with E-state index in [1.807, 2.05) is 43.3 Å². The summed E-state index contributed by atoms with van der Waals surface area (Å²) >= 11 is 0. The van der Waals surface area contributed by atoms with Crippen LogP contribution >= 0.6 is 0 Å². The Balaban J connectivity index is 1.73. The highest BCUT2D eigenvalue weighted by molar-refractivity contribution is 5.75. The molecule has 0 saturated heterocycles. The largest absolute Gasteiger partial charge is 0.497 e. The molecule has 1 aliphatic rings. The first kappa shape index (κ1) is 21.6. The number of benzene rings is 2. The van der Waals surface area contributed by atoms with Gasteiger partial charge in [-0.3, -0.25) is 0 Å². The lowest BCUT2D eigenvalue weighted by atomic mass is 9.95. The van der Waals surface area contributed by atoms with Gasteiger partial charge < -0.3 is 29.6 Å². The fourth-order valence-electron chi connectivity index (χ4n) is 3.52. The van der Waals surface area contributed by atoms with E-state index in [0.717, 1.165) is 16.9 Å². The minimum Gasteiger partial charge on any atom is -0.497 e. The molecule has 2 atom stereocenters. The standard InChI is InChI=1S/C23H30N2O5/c1-14(2)22(16-6-8-20-21(12-16)30-11-10-29-20)25-23(26)24-15(3)18-13-17(27-4)7-9-19(18)28-5/h6-9,12-15,22H,10-11H2,1-5H3,(H2,24,25,26)/t15-,22+/m1/s1. The van der Waals surface area contributed by atoms with E-state index in [2.05, 4.69) is 24.5 Å². The monoisotopic (exact) mass is 414 g/mol. The molecule has 3 rings (SSSR count). The van der Waals surface area contributed by atoms with Crippen LogP contribution in [0.2, 0.25) is 0 Å². The van der Waals surface area contributed by atoms with Crippen molar-refractivity contribution in [2.45, 2.75) is 32.9 Å². The average Bonchev–Trinajstić information content (AvgIpc) is 2.76. The number of fused-ring (bicyclic) bond motifs is 1. The third-order valence-electron chi connectivity index (χ3n) is 5.13. The summed E-state index contributed by atoms with van der Waals surface area (Å²) in [5, 5.41) is 6.09. The Bertz CT molecular complexity index is 884. The Morgan fingerprint density at radius 2 is 1.67 bits per heavy atom. The number of hydrogen-bond acceptors (Lipinski definition) is 5. The molecule has 1 heterocycles. The second kappa shape index (κ2) is 9.61. The summed E-state index contributed by atoms with van der Waals surface area (Å²) in [5.74, 6) is 3.02. The van der Waals surface area contributed by atoms with Crippen LogP contribution in [-0.4, -0.2) is 33.5 Å². The Morgan fingerprint density at radius 1 is 0.933 bits per heavy atom. The predicted octanol–water partition coefficient (Wildman–Crippen LogP) is 4.23. The van der Waals surface area contributed by atoms with Crippen LogP contribution in [-0.2, 0) is 0 Å². The quantitative estimate of drug-likeness (QED) is 0.709. The first-order chi connectivity index (χ1) is 14.4. The van der Waals surface area contributed by atoms with Crippen LogP contribution in [0.5, 0.6) is 23.0 Å². The second-order valence-electron chi connectivity index (χ2n) is 7.57. The van der Waals surface area contributed by atoms with Crippen molar-refractivity contribution in [3.8, 4) is 23.0 Å². The number of carbonyl (C=O) groups excluding carboxylic acids is 1. The number of nitrogens with one attached hydrogen (secondary N) is 2. The maximum Gasteiger partial charge on any atom is 0.315 e. The van der Waals surface area contributed by atoms with Gasteiger partial charge in [-0.05, 0) is 48.7 Å². The summed E-state index contributed by atoms with van der Waals surface area (Å²) in [6.07, 6.45) is 0. The summed E-state index contributed by atoms with van der Waals surface area (Å²) < 4.78 is 22.0. The molecule has 0 fully saturated rings. The van der Waals surface area contributed by atoms with E-state index >= 15 is 0 Å².